The lowest BCUT2D eigenvalue weighted by molar-refractivity contribution is 0.0571. The number of hydrogen-bond donors (Lipinski definition) is 2. The molecule has 13 heavy (non-hydrogen) atoms. The van der Waals surface area contributed by atoms with Crippen molar-refractivity contribution in [2.45, 2.75) is 33.3 Å². The van der Waals surface area contributed by atoms with Crippen LogP contribution in [0.25, 0.3) is 0 Å². The highest BCUT2D eigenvalue weighted by atomic mass is 32.2. The van der Waals surface area contributed by atoms with Gasteiger partial charge in [0.1, 0.15) is 0 Å². The fourth-order valence-electron chi connectivity index (χ4n) is 0.814. The van der Waals surface area contributed by atoms with E-state index in [0.29, 0.717) is 6.42 Å². The van der Waals surface area contributed by atoms with Crippen LogP contribution in [0.5, 0.6) is 0 Å². The Morgan fingerprint density at radius 2 is 1.85 bits per heavy atom. The van der Waals surface area contributed by atoms with Gasteiger partial charge in [-0.3, -0.25) is 0 Å². The van der Waals surface area contributed by atoms with Crippen molar-refractivity contribution in [1.29, 1.82) is 0 Å². The first kappa shape index (κ1) is 12.9. The molecule has 0 aromatic carbocycles. The topological polar surface area (TPSA) is 66.4 Å². The lowest BCUT2D eigenvalue weighted by atomic mass is 9.87. The monoisotopic (exact) mass is 209 g/mol. The van der Waals surface area contributed by atoms with Gasteiger partial charge in [0.15, 0.2) is 0 Å². The first-order chi connectivity index (χ1) is 5.63. The summed E-state index contributed by atoms with van der Waals surface area (Å²) in [6.07, 6.45) is 1.06. The molecule has 0 amide bonds. The maximum absolute atomic E-state index is 10.7. The lowest BCUT2D eigenvalue weighted by Crippen LogP contribution is -2.32. The van der Waals surface area contributed by atoms with E-state index in [4.69, 9.17) is 0 Å². The van der Waals surface area contributed by atoms with Crippen LogP contribution in [-0.2, 0) is 10.0 Å². The molecular formula is C8H19NO3S. The lowest BCUT2D eigenvalue weighted by Gasteiger charge is -2.25. The Morgan fingerprint density at radius 1 is 1.38 bits per heavy atom. The summed E-state index contributed by atoms with van der Waals surface area (Å²) in [5, 5.41) is 9.55. The molecule has 0 aliphatic carbocycles. The predicted octanol–water partition coefficient (Wildman–Crippen LogP) is 0.333. The molecule has 0 aliphatic heterocycles. The molecule has 0 rings (SSSR count). The van der Waals surface area contributed by atoms with Crippen molar-refractivity contribution in [3.05, 3.63) is 0 Å². The van der Waals surface area contributed by atoms with Gasteiger partial charge in [0, 0.05) is 6.54 Å². The van der Waals surface area contributed by atoms with Crippen molar-refractivity contribution in [3.63, 3.8) is 0 Å². The highest BCUT2D eigenvalue weighted by Gasteiger charge is 2.21. The average molecular weight is 209 g/mol. The normalized spacial score (nSPS) is 15.8. The summed E-state index contributed by atoms with van der Waals surface area (Å²) in [5.74, 6) is 0. The fourth-order valence-corrected chi connectivity index (χ4v) is 1.30. The summed E-state index contributed by atoms with van der Waals surface area (Å²) in [7, 11) is -3.13. The number of nitrogens with one attached hydrogen (secondary N) is 1. The zero-order chi connectivity index (χ0) is 10.7. The summed E-state index contributed by atoms with van der Waals surface area (Å²) >= 11 is 0. The van der Waals surface area contributed by atoms with E-state index in [0.717, 1.165) is 6.26 Å². The van der Waals surface area contributed by atoms with Gasteiger partial charge in [-0.2, -0.15) is 0 Å². The van der Waals surface area contributed by atoms with Gasteiger partial charge in [-0.15, -0.1) is 0 Å². The molecule has 5 heteroatoms. The minimum absolute atomic E-state index is 0.195. The number of rotatable bonds is 4. The van der Waals surface area contributed by atoms with E-state index in [9.17, 15) is 13.5 Å². The van der Waals surface area contributed by atoms with Crippen molar-refractivity contribution < 1.29 is 13.5 Å². The van der Waals surface area contributed by atoms with E-state index >= 15 is 0 Å². The van der Waals surface area contributed by atoms with E-state index in [1.807, 2.05) is 20.8 Å². The second kappa shape index (κ2) is 4.39. The van der Waals surface area contributed by atoms with E-state index in [1.165, 1.54) is 0 Å². The molecule has 0 spiro atoms. The summed E-state index contributed by atoms with van der Waals surface area (Å²) in [6.45, 7) is 6.03. The molecule has 0 unspecified atom stereocenters. The largest absolute Gasteiger partial charge is 0.393 e. The van der Waals surface area contributed by atoms with Crippen LogP contribution in [-0.4, -0.2) is 32.4 Å². The van der Waals surface area contributed by atoms with Gasteiger partial charge in [-0.25, -0.2) is 13.1 Å². The van der Waals surface area contributed by atoms with Crippen molar-refractivity contribution in [1.82, 2.24) is 4.72 Å². The van der Waals surface area contributed by atoms with Crippen LogP contribution >= 0.6 is 0 Å². The fraction of sp³-hybridized carbons (Fsp3) is 1.00. The highest BCUT2D eigenvalue weighted by molar-refractivity contribution is 7.88. The molecule has 0 fully saturated rings. The Hall–Kier alpha value is -0.130. The van der Waals surface area contributed by atoms with Gasteiger partial charge in [-0.1, -0.05) is 20.8 Å². The van der Waals surface area contributed by atoms with E-state index in [1.54, 1.807) is 0 Å². The third-order valence-corrected chi connectivity index (χ3v) is 2.51. The van der Waals surface area contributed by atoms with Crippen LogP contribution in [0.1, 0.15) is 27.2 Å². The SMILES string of the molecule is CC(C)(C)[C@H](O)CCNS(C)(=O)=O. The van der Waals surface area contributed by atoms with Crippen LogP contribution in [0.2, 0.25) is 0 Å². The summed E-state index contributed by atoms with van der Waals surface area (Å²) < 4.78 is 23.7. The summed E-state index contributed by atoms with van der Waals surface area (Å²) in [6, 6.07) is 0. The van der Waals surface area contributed by atoms with Crippen molar-refractivity contribution in [3.8, 4) is 0 Å². The average Bonchev–Trinajstić information content (AvgIpc) is 1.82. The molecule has 0 heterocycles. The smallest absolute Gasteiger partial charge is 0.208 e. The van der Waals surface area contributed by atoms with Gasteiger partial charge in [-0.05, 0) is 11.8 Å². The minimum atomic E-state index is -3.13. The maximum atomic E-state index is 10.7. The summed E-state index contributed by atoms with van der Waals surface area (Å²) in [5.41, 5.74) is -0.195. The van der Waals surface area contributed by atoms with Gasteiger partial charge in [0.25, 0.3) is 0 Å². The number of sulfonamides is 1. The second-order valence-electron chi connectivity index (χ2n) is 4.34. The Morgan fingerprint density at radius 3 is 2.15 bits per heavy atom. The Kier molecular flexibility index (Phi) is 4.35. The minimum Gasteiger partial charge on any atom is -0.393 e. The summed E-state index contributed by atoms with van der Waals surface area (Å²) in [4.78, 5) is 0. The number of hydrogen-bond acceptors (Lipinski definition) is 3. The van der Waals surface area contributed by atoms with Crippen LogP contribution < -0.4 is 4.72 Å². The molecule has 80 valence electrons. The molecule has 0 saturated carbocycles. The molecule has 0 radical (unpaired) electrons. The van der Waals surface area contributed by atoms with Crippen molar-refractivity contribution in [2.24, 2.45) is 5.41 Å². The van der Waals surface area contributed by atoms with Crippen molar-refractivity contribution in [2.75, 3.05) is 12.8 Å². The Bertz CT molecular complexity index is 241. The zero-order valence-corrected chi connectivity index (χ0v) is 9.48. The number of aliphatic hydroxyl groups excluding tert-OH is 1. The quantitative estimate of drug-likeness (QED) is 0.701. The van der Waals surface area contributed by atoms with Gasteiger partial charge < -0.3 is 5.11 Å². The second-order valence-corrected chi connectivity index (χ2v) is 6.17. The molecule has 4 nitrogen and oxygen atoms in total. The van der Waals surface area contributed by atoms with Crippen molar-refractivity contribution >= 4 is 10.0 Å². The predicted molar refractivity (Wildman–Crippen MR) is 52.9 cm³/mol. The van der Waals surface area contributed by atoms with Gasteiger partial charge in [0.2, 0.25) is 10.0 Å². The zero-order valence-electron chi connectivity index (χ0n) is 8.66. The molecule has 0 aromatic rings. The standard InChI is InChI=1S/C8H19NO3S/c1-8(2,3)7(10)5-6-9-13(4,11)12/h7,9-10H,5-6H2,1-4H3/t7-/m1/s1. The Balaban J connectivity index is 3.80. The van der Waals surface area contributed by atoms with E-state index in [2.05, 4.69) is 4.72 Å². The maximum Gasteiger partial charge on any atom is 0.208 e. The van der Waals surface area contributed by atoms with Crippen LogP contribution in [0.15, 0.2) is 0 Å². The van der Waals surface area contributed by atoms with Gasteiger partial charge in [0.05, 0.1) is 12.4 Å². The number of aliphatic hydroxyl groups is 1. The van der Waals surface area contributed by atoms with Crippen LogP contribution in [0.3, 0.4) is 0 Å². The molecule has 0 saturated heterocycles. The molecule has 0 aromatic heterocycles. The van der Waals surface area contributed by atoms with Gasteiger partial charge >= 0.3 is 0 Å². The highest BCUT2D eigenvalue weighted by Crippen LogP contribution is 2.20. The third-order valence-electron chi connectivity index (χ3n) is 1.78. The van der Waals surface area contributed by atoms with Crippen LogP contribution in [0.4, 0.5) is 0 Å². The Labute approximate surface area is 80.4 Å². The molecule has 0 bridgehead atoms. The first-order valence-electron chi connectivity index (χ1n) is 4.25. The van der Waals surface area contributed by atoms with Crippen LogP contribution in [0, 0.1) is 5.41 Å². The third kappa shape index (κ3) is 6.98. The van der Waals surface area contributed by atoms with E-state index in [-0.39, 0.29) is 12.0 Å². The molecule has 2 N–H and O–H groups in total. The van der Waals surface area contributed by atoms with E-state index < -0.39 is 16.1 Å². The molecule has 1 atom stereocenters. The first-order valence-corrected chi connectivity index (χ1v) is 6.15. The molecule has 0 aliphatic rings. The molecular weight excluding hydrogens is 190 g/mol.